The van der Waals surface area contributed by atoms with E-state index in [0.29, 0.717) is 0 Å². The molecule has 0 saturated heterocycles. The third-order valence-electron chi connectivity index (χ3n) is 2.84. The molecular formula is C20H18Na2O4. The average molecular weight is 368 g/mol. The van der Waals surface area contributed by atoms with Crippen molar-refractivity contribution in [3.05, 3.63) is 96.5 Å². The van der Waals surface area contributed by atoms with Crippen LogP contribution in [-0.2, 0) is 19.1 Å². The first-order valence-corrected chi connectivity index (χ1v) is 7.26. The van der Waals surface area contributed by atoms with E-state index in [1.54, 1.807) is 12.2 Å². The fourth-order valence-electron chi connectivity index (χ4n) is 1.70. The van der Waals surface area contributed by atoms with Gasteiger partial charge in [0.2, 0.25) is 0 Å². The molecule has 0 N–H and O–H groups in total. The van der Waals surface area contributed by atoms with E-state index < -0.39 is 11.9 Å². The normalized spacial score (nSPS) is 10.3. The van der Waals surface area contributed by atoms with Crippen LogP contribution in [0.25, 0.3) is 12.2 Å². The Labute approximate surface area is 200 Å². The minimum atomic E-state index is -0.661. The van der Waals surface area contributed by atoms with Crippen LogP contribution >= 0.6 is 0 Å². The molecule has 0 radical (unpaired) electrons. The van der Waals surface area contributed by atoms with Crippen LogP contribution in [0, 0.1) is 0 Å². The third-order valence-corrected chi connectivity index (χ3v) is 2.84. The molecular weight excluding hydrogens is 350 g/mol. The van der Waals surface area contributed by atoms with Crippen LogP contribution in [0.15, 0.2) is 85.3 Å². The van der Waals surface area contributed by atoms with Crippen LogP contribution < -0.4 is 59.1 Å². The van der Waals surface area contributed by atoms with Crippen LogP contribution in [0.1, 0.15) is 14.0 Å². The van der Waals surface area contributed by atoms with Crippen LogP contribution in [0.3, 0.4) is 0 Å². The Kier molecular flexibility index (Phi) is 13.9. The van der Waals surface area contributed by atoms with Crippen molar-refractivity contribution < 1.29 is 81.0 Å². The zero-order chi connectivity index (χ0) is 17.0. The van der Waals surface area contributed by atoms with Crippen LogP contribution in [0.4, 0.5) is 0 Å². The van der Waals surface area contributed by atoms with Gasteiger partial charge in [0.15, 0.2) is 0 Å². The second-order valence-corrected chi connectivity index (χ2v) is 4.63. The summed E-state index contributed by atoms with van der Waals surface area (Å²) in [4.78, 5) is 22.9. The van der Waals surface area contributed by atoms with E-state index in [4.69, 9.17) is 9.47 Å². The van der Waals surface area contributed by atoms with Crippen molar-refractivity contribution in [2.45, 2.75) is 0 Å². The van der Waals surface area contributed by atoms with Crippen LogP contribution in [0.5, 0.6) is 0 Å². The quantitative estimate of drug-likeness (QED) is 0.262. The topological polar surface area (TPSA) is 52.6 Å². The van der Waals surface area contributed by atoms with Gasteiger partial charge in [-0.25, -0.2) is 9.59 Å². The van der Waals surface area contributed by atoms with Gasteiger partial charge in [-0.3, -0.25) is 0 Å². The molecule has 0 atom stereocenters. The van der Waals surface area contributed by atoms with E-state index in [1.807, 2.05) is 60.7 Å². The molecule has 0 amide bonds. The largest absolute Gasteiger partial charge is 1.00 e. The van der Waals surface area contributed by atoms with Gasteiger partial charge in [-0.2, -0.15) is 0 Å². The molecule has 2 aromatic carbocycles. The number of esters is 2. The maximum Gasteiger partial charge on any atom is 1.00 e. The number of carbonyl (C=O) groups excluding carboxylic acids is 2. The average Bonchev–Trinajstić information content (AvgIpc) is 2.62. The number of ether oxygens (including phenoxy) is 2. The second-order valence-electron chi connectivity index (χ2n) is 4.63. The summed E-state index contributed by atoms with van der Waals surface area (Å²) in [6.07, 6.45) is 7.84. The molecule has 0 aliphatic heterocycles. The van der Waals surface area contributed by atoms with Crippen molar-refractivity contribution in [1.29, 1.82) is 0 Å². The SMILES string of the molecule is O=C(/C=C\C(=O)OC=Cc1ccccc1)OC=Cc1ccccc1.[H-].[H-].[Na+].[Na+]. The number of hydrogen-bond acceptors (Lipinski definition) is 4. The maximum absolute atomic E-state index is 11.4. The Morgan fingerprint density at radius 2 is 1.00 bits per heavy atom. The number of hydrogen-bond donors (Lipinski definition) is 0. The molecule has 0 spiro atoms. The Bertz CT molecular complexity index is 699. The molecule has 0 bridgehead atoms. The van der Waals surface area contributed by atoms with Gasteiger partial charge in [0, 0.05) is 12.2 Å². The summed E-state index contributed by atoms with van der Waals surface area (Å²) in [6, 6.07) is 18.8. The van der Waals surface area contributed by atoms with E-state index in [-0.39, 0.29) is 62.0 Å². The maximum atomic E-state index is 11.4. The molecule has 0 saturated carbocycles. The van der Waals surface area contributed by atoms with Gasteiger partial charge < -0.3 is 12.3 Å². The van der Waals surface area contributed by atoms with E-state index in [0.717, 1.165) is 23.3 Å². The summed E-state index contributed by atoms with van der Waals surface area (Å²) < 4.78 is 9.68. The smallest absolute Gasteiger partial charge is 1.00 e. The number of benzene rings is 2. The first-order valence-electron chi connectivity index (χ1n) is 7.26. The summed E-state index contributed by atoms with van der Waals surface area (Å²) in [6.45, 7) is 0. The van der Waals surface area contributed by atoms with Crippen molar-refractivity contribution in [2.24, 2.45) is 0 Å². The fourth-order valence-corrected chi connectivity index (χ4v) is 1.70. The minimum absolute atomic E-state index is 0. The summed E-state index contributed by atoms with van der Waals surface area (Å²) in [5, 5.41) is 0. The molecule has 6 heteroatoms. The fraction of sp³-hybridized carbons (Fsp3) is 0. The first-order chi connectivity index (χ1) is 11.7. The summed E-state index contributed by atoms with van der Waals surface area (Å²) in [7, 11) is 0. The van der Waals surface area contributed by atoms with E-state index in [2.05, 4.69) is 0 Å². The van der Waals surface area contributed by atoms with E-state index >= 15 is 0 Å². The molecule has 0 aliphatic rings. The zero-order valence-corrected chi connectivity index (χ0v) is 18.9. The molecule has 0 aromatic heterocycles. The van der Waals surface area contributed by atoms with Gasteiger partial charge in [-0.1, -0.05) is 60.7 Å². The Hall–Kier alpha value is -1.40. The summed E-state index contributed by atoms with van der Waals surface area (Å²) in [5.41, 5.74) is 1.81. The van der Waals surface area contributed by atoms with Crippen LogP contribution in [-0.4, -0.2) is 11.9 Å². The summed E-state index contributed by atoms with van der Waals surface area (Å²) in [5.74, 6) is -1.32. The van der Waals surface area contributed by atoms with Crippen molar-refractivity contribution >= 4 is 24.1 Å². The number of carbonyl (C=O) groups is 2. The molecule has 4 nitrogen and oxygen atoms in total. The predicted molar refractivity (Wildman–Crippen MR) is 94.5 cm³/mol. The molecule has 0 unspecified atom stereocenters. The first kappa shape index (κ1) is 24.6. The van der Waals surface area contributed by atoms with Crippen molar-refractivity contribution in [1.82, 2.24) is 0 Å². The molecule has 0 fully saturated rings. The van der Waals surface area contributed by atoms with Crippen molar-refractivity contribution in [2.75, 3.05) is 0 Å². The Balaban J connectivity index is -0.00000156. The van der Waals surface area contributed by atoms with Gasteiger partial charge in [0.05, 0.1) is 12.5 Å². The summed E-state index contributed by atoms with van der Waals surface area (Å²) >= 11 is 0. The molecule has 2 rings (SSSR count). The minimum Gasteiger partial charge on any atom is -1.00 e. The molecule has 124 valence electrons. The van der Waals surface area contributed by atoms with Crippen molar-refractivity contribution in [3.8, 4) is 0 Å². The molecule has 26 heavy (non-hydrogen) atoms. The molecule has 0 heterocycles. The van der Waals surface area contributed by atoms with Gasteiger partial charge in [-0.15, -0.1) is 0 Å². The second kappa shape index (κ2) is 14.7. The Morgan fingerprint density at radius 1 is 0.654 bits per heavy atom. The Morgan fingerprint density at radius 3 is 1.35 bits per heavy atom. The van der Waals surface area contributed by atoms with Gasteiger partial charge in [0.25, 0.3) is 0 Å². The number of rotatable bonds is 6. The van der Waals surface area contributed by atoms with Crippen molar-refractivity contribution in [3.63, 3.8) is 0 Å². The predicted octanol–water partition coefficient (Wildman–Crippen LogP) is -1.80. The molecule has 2 aromatic rings. The monoisotopic (exact) mass is 368 g/mol. The molecule has 0 aliphatic carbocycles. The van der Waals surface area contributed by atoms with E-state index in [1.165, 1.54) is 12.5 Å². The van der Waals surface area contributed by atoms with Gasteiger partial charge in [0.1, 0.15) is 0 Å². The third kappa shape index (κ3) is 10.6. The standard InChI is InChI=1S/C20H16O4.2Na.2H/c21-19(23-15-13-17-7-3-1-4-8-17)11-12-20(22)24-16-14-18-9-5-2-6-10-18;;;;/h1-16H;;;;/q;2*+1;2*-1/b12-11-,15-13?,16-14?;;;;. The van der Waals surface area contributed by atoms with Crippen LogP contribution in [0.2, 0.25) is 0 Å². The van der Waals surface area contributed by atoms with E-state index in [9.17, 15) is 9.59 Å². The van der Waals surface area contributed by atoms with Gasteiger partial charge in [-0.05, 0) is 23.3 Å². The zero-order valence-electron chi connectivity index (χ0n) is 16.9. The van der Waals surface area contributed by atoms with Gasteiger partial charge >= 0.3 is 71.1 Å².